The molecule has 0 spiro atoms. The number of rotatable bonds is 3. The van der Waals surface area contributed by atoms with Gasteiger partial charge in [-0.3, -0.25) is 20.4 Å². The van der Waals surface area contributed by atoms with Crippen molar-refractivity contribution in [3.8, 4) is 17.2 Å². The van der Waals surface area contributed by atoms with Crippen LogP contribution < -0.4 is 10.9 Å². The number of aromatic hydroxyl groups is 3. The maximum Gasteiger partial charge on any atom is 0.269 e. The third kappa shape index (κ3) is 4.50. The van der Waals surface area contributed by atoms with Crippen molar-refractivity contribution >= 4 is 17.9 Å². The van der Waals surface area contributed by atoms with Gasteiger partial charge in [-0.15, -0.1) is 0 Å². The number of hydrogen-bond acceptors (Lipinski definition) is 5. The quantitative estimate of drug-likeness (QED) is 0.332. The molecule has 0 fully saturated rings. The first-order chi connectivity index (χ1) is 11.0. The number of amides is 2. The topological polar surface area (TPSA) is 119 Å². The molecule has 0 saturated heterocycles. The fourth-order valence-electron chi connectivity index (χ4n) is 1.66. The summed E-state index contributed by atoms with van der Waals surface area (Å²) in [6.45, 7) is 0. The Balaban J connectivity index is 1.89. The fraction of sp³-hybridized carbons (Fsp3) is 0. The molecular weight excluding hydrogens is 300 g/mol. The minimum atomic E-state index is -0.579. The first-order valence-electron chi connectivity index (χ1n) is 6.55. The maximum atomic E-state index is 11.7. The Kier molecular flexibility index (Phi) is 4.83. The lowest BCUT2D eigenvalue weighted by Crippen LogP contribution is -2.40. The van der Waals surface area contributed by atoms with Crippen LogP contribution in [0.5, 0.6) is 17.2 Å². The van der Waals surface area contributed by atoms with E-state index < -0.39 is 11.8 Å². The zero-order chi connectivity index (χ0) is 16.8. The second-order valence-corrected chi connectivity index (χ2v) is 4.57. The second-order valence-electron chi connectivity index (χ2n) is 4.57. The predicted octanol–water partition coefficient (Wildman–Crippen LogP) is 1.28. The lowest BCUT2D eigenvalue weighted by molar-refractivity contribution is -0.117. The highest BCUT2D eigenvalue weighted by atomic mass is 16.3. The number of nitrogens with one attached hydrogen (secondary N) is 2. The molecular formula is C16H14N2O5. The number of hydrogen-bond donors (Lipinski definition) is 5. The van der Waals surface area contributed by atoms with Crippen LogP contribution >= 0.6 is 0 Å². The highest BCUT2D eigenvalue weighted by molar-refractivity contribution is 5.98. The highest BCUT2D eigenvalue weighted by Crippen LogP contribution is 2.25. The summed E-state index contributed by atoms with van der Waals surface area (Å²) in [5.74, 6) is -1.63. The van der Waals surface area contributed by atoms with Crippen LogP contribution in [-0.4, -0.2) is 27.1 Å². The molecule has 0 atom stereocenters. The third-order valence-electron chi connectivity index (χ3n) is 2.86. The standard InChI is InChI=1S/C16H14N2O5/c19-12-5-3-11(4-6-12)16(23)18-17-15(22)8-2-10-1-7-13(20)14(21)9-10/h1-9,19-21H,(H,17,22)(H,18,23)/b8-2+. The second kappa shape index (κ2) is 6.99. The summed E-state index contributed by atoms with van der Waals surface area (Å²) in [6.07, 6.45) is 2.56. The van der Waals surface area contributed by atoms with E-state index >= 15 is 0 Å². The number of phenols is 3. The molecule has 0 aliphatic rings. The molecule has 2 aromatic rings. The van der Waals surface area contributed by atoms with Crippen molar-refractivity contribution in [1.29, 1.82) is 0 Å². The van der Waals surface area contributed by atoms with Gasteiger partial charge in [0, 0.05) is 11.6 Å². The van der Waals surface area contributed by atoms with Gasteiger partial charge in [-0.05, 0) is 48.0 Å². The molecule has 0 aromatic heterocycles. The Bertz CT molecular complexity index is 754. The normalized spacial score (nSPS) is 10.4. The van der Waals surface area contributed by atoms with E-state index in [0.29, 0.717) is 5.56 Å². The SMILES string of the molecule is O=C(/C=C/c1ccc(O)c(O)c1)NNC(=O)c1ccc(O)cc1. The molecule has 0 bridgehead atoms. The summed E-state index contributed by atoms with van der Waals surface area (Å²) in [6, 6.07) is 9.61. The van der Waals surface area contributed by atoms with Crippen molar-refractivity contribution < 1.29 is 24.9 Å². The molecule has 7 heteroatoms. The van der Waals surface area contributed by atoms with Gasteiger partial charge in [0.2, 0.25) is 0 Å². The van der Waals surface area contributed by atoms with Crippen molar-refractivity contribution in [2.45, 2.75) is 0 Å². The molecule has 7 nitrogen and oxygen atoms in total. The molecule has 2 rings (SSSR count). The van der Waals surface area contributed by atoms with Crippen molar-refractivity contribution in [1.82, 2.24) is 10.9 Å². The van der Waals surface area contributed by atoms with Crippen LogP contribution in [0, 0.1) is 0 Å². The van der Waals surface area contributed by atoms with Gasteiger partial charge in [0.05, 0.1) is 0 Å². The Morgan fingerprint density at radius 3 is 2.22 bits per heavy atom. The van der Waals surface area contributed by atoms with E-state index in [1.165, 1.54) is 48.5 Å². The number of benzene rings is 2. The molecule has 0 aliphatic carbocycles. The molecule has 5 N–H and O–H groups in total. The zero-order valence-electron chi connectivity index (χ0n) is 11.9. The Hall–Kier alpha value is -3.48. The predicted molar refractivity (Wildman–Crippen MR) is 82.5 cm³/mol. The van der Waals surface area contributed by atoms with Gasteiger partial charge in [0.25, 0.3) is 11.8 Å². The van der Waals surface area contributed by atoms with E-state index in [0.717, 1.165) is 6.08 Å². The molecule has 0 heterocycles. The fourth-order valence-corrected chi connectivity index (χ4v) is 1.66. The van der Waals surface area contributed by atoms with Crippen LogP contribution in [0.25, 0.3) is 6.08 Å². The molecule has 2 amide bonds. The molecule has 0 radical (unpaired) electrons. The average molecular weight is 314 g/mol. The summed E-state index contributed by atoms with van der Waals surface area (Å²) in [7, 11) is 0. The Labute approximate surface area is 131 Å². The van der Waals surface area contributed by atoms with Crippen molar-refractivity contribution in [2.75, 3.05) is 0 Å². The first kappa shape index (κ1) is 15.9. The van der Waals surface area contributed by atoms with E-state index in [1.54, 1.807) is 0 Å². The van der Waals surface area contributed by atoms with Gasteiger partial charge >= 0.3 is 0 Å². The minimum absolute atomic E-state index is 0.0330. The summed E-state index contributed by atoms with van der Waals surface area (Å²) < 4.78 is 0. The van der Waals surface area contributed by atoms with Gasteiger partial charge in [0.15, 0.2) is 11.5 Å². The average Bonchev–Trinajstić information content (AvgIpc) is 2.54. The van der Waals surface area contributed by atoms with Crippen LogP contribution in [0.3, 0.4) is 0 Å². The number of hydrazine groups is 1. The van der Waals surface area contributed by atoms with Crippen LogP contribution in [0.2, 0.25) is 0 Å². The Morgan fingerprint density at radius 1 is 0.870 bits per heavy atom. The molecule has 2 aromatic carbocycles. The minimum Gasteiger partial charge on any atom is -0.508 e. The lowest BCUT2D eigenvalue weighted by atomic mass is 10.2. The molecule has 0 aliphatic heterocycles. The number of phenolic OH excluding ortho intramolecular Hbond substituents is 3. The van der Waals surface area contributed by atoms with Gasteiger partial charge in [-0.25, -0.2) is 0 Å². The van der Waals surface area contributed by atoms with Crippen LogP contribution in [0.1, 0.15) is 15.9 Å². The summed E-state index contributed by atoms with van der Waals surface area (Å²) in [5.41, 5.74) is 5.18. The van der Waals surface area contributed by atoms with Gasteiger partial charge in [0.1, 0.15) is 5.75 Å². The first-order valence-corrected chi connectivity index (χ1v) is 6.55. The third-order valence-corrected chi connectivity index (χ3v) is 2.86. The van der Waals surface area contributed by atoms with Crippen molar-refractivity contribution in [3.05, 3.63) is 59.7 Å². The van der Waals surface area contributed by atoms with E-state index in [1.807, 2.05) is 0 Å². The smallest absolute Gasteiger partial charge is 0.269 e. The van der Waals surface area contributed by atoms with E-state index in [4.69, 9.17) is 5.11 Å². The summed E-state index contributed by atoms with van der Waals surface area (Å²) >= 11 is 0. The van der Waals surface area contributed by atoms with E-state index in [-0.39, 0.29) is 22.8 Å². The summed E-state index contributed by atoms with van der Waals surface area (Å²) in [4.78, 5) is 23.3. The van der Waals surface area contributed by atoms with E-state index in [9.17, 15) is 19.8 Å². The molecule has 0 saturated carbocycles. The molecule has 118 valence electrons. The summed E-state index contributed by atoms with van der Waals surface area (Å²) in [5, 5.41) is 27.6. The van der Waals surface area contributed by atoms with Crippen molar-refractivity contribution in [2.24, 2.45) is 0 Å². The van der Waals surface area contributed by atoms with Crippen LogP contribution in [-0.2, 0) is 4.79 Å². The Morgan fingerprint density at radius 2 is 1.57 bits per heavy atom. The zero-order valence-corrected chi connectivity index (χ0v) is 11.9. The highest BCUT2D eigenvalue weighted by Gasteiger charge is 2.05. The van der Waals surface area contributed by atoms with Crippen LogP contribution in [0.15, 0.2) is 48.5 Å². The monoisotopic (exact) mass is 314 g/mol. The largest absolute Gasteiger partial charge is 0.508 e. The number of carbonyl (C=O) groups excluding carboxylic acids is 2. The van der Waals surface area contributed by atoms with E-state index in [2.05, 4.69) is 10.9 Å². The lowest BCUT2D eigenvalue weighted by Gasteiger charge is -2.05. The van der Waals surface area contributed by atoms with Crippen molar-refractivity contribution in [3.63, 3.8) is 0 Å². The van der Waals surface area contributed by atoms with Gasteiger partial charge < -0.3 is 15.3 Å². The molecule has 23 heavy (non-hydrogen) atoms. The van der Waals surface area contributed by atoms with Gasteiger partial charge in [-0.2, -0.15) is 0 Å². The maximum absolute atomic E-state index is 11.7. The van der Waals surface area contributed by atoms with Crippen LogP contribution in [0.4, 0.5) is 0 Å². The van der Waals surface area contributed by atoms with Gasteiger partial charge in [-0.1, -0.05) is 6.07 Å². The molecule has 0 unspecified atom stereocenters. The number of carbonyl (C=O) groups is 2.